The molecule has 3 N–H and O–H groups in total. The zero-order valence-corrected chi connectivity index (χ0v) is 20.7. The summed E-state index contributed by atoms with van der Waals surface area (Å²) in [6, 6.07) is 13.9. The lowest BCUT2D eigenvalue weighted by Gasteiger charge is -2.40. The molecule has 0 spiro atoms. The third-order valence-electron chi connectivity index (χ3n) is 6.26. The molecule has 174 valence electrons. The zero-order chi connectivity index (χ0) is 22.4. The molecule has 4 rings (SSSR count). The number of ether oxygens (including phenoxy) is 1. The Morgan fingerprint density at radius 2 is 1.78 bits per heavy atom. The summed E-state index contributed by atoms with van der Waals surface area (Å²) in [7, 11) is 0. The molecule has 2 aromatic carbocycles. The number of hydrogen-bond acceptors (Lipinski definition) is 6. The van der Waals surface area contributed by atoms with Crippen LogP contribution in [0.4, 0.5) is 0 Å². The van der Waals surface area contributed by atoms with Crippen LogP contribution in [0.5, 0.6) is 5.75 Å². The Kier molecular flexibility index (Phi) is 8.45. The van der Waals surface area contributed by atoms with Crippen LogP contribution >= 0.6 is 27.5 Å². The number of hydrazine groups is 1. The number of piperidine rings is 1. The van der Waals surface area contributed by atoms with Crippen LogP contribution in [0.3, 0.4) is 0 Å². The van der Waals surface area contributed by atoms with Crippen molar-refractivity contribution in [3.63, 3.8) is 0 Å². The number of piperazine rings is 1. The maximum Gasteiger partial charge on any atom is 0.124 e. The number of hydrogen-bond donors (Lipinski definition) is 3. The van der Waals surface area contributed by atoms with Gasteiger partial charge in [-0.25, -0.2) is 5.01 Å². The molecule has 0 amide bonds. The Balaban J connectivity index is 1.30. The van der Waals surface area contributed by atoms with Crippen LogP contribution in [0.2, 0.25) is 5.02 Å². The van der Waals surface area contributed by atoms with Crippen LogP contribution < -0.4 is 15.5 Å². The van der Waals surface area contributed by atoms with Crippen molar-refractivity contribution >= 4 is 27.5 Å². The van der Waals surface area contributed by atoms with Crippen molar-refractivity contribution in [1.82, 2.24) is 20.7 Å². The molecule has 2 aliphatic rings. The lowest BCUT2D eigenvalue weighted by molar-refractivity contribution is -0.0370. The smallest absolute Gasteiger partial charge is 0.124 e. The van der Waals surface area contributed by atoms with E-state index in [1.807, 2.05) is 36.4 Å². The largest absolute Gasteiger partial charge is 0.489 e. The minimum absolute atomic E-state index is 0.503. The number of nitrogens with one attached hydrogen (secondary N) is 2. The highest BCUT2D eigenvalue weighted by molar-refractivity contribution is 9.10. The fourth-order valence-electron chi connectivity index (χ4n) is 4.18. The first-order valence-corrected chi connectivity index (χ1v) is 12.5. The van der Waals surface area contributed by atoms with Gasteiger partial charge < -0.3 is 15.2 Å². The number of halogens is 2. The number of aliphatic hydroxyl groups is 1. The van der Waals surface area contributed by atoms with Gasteiger partial charge in [0.05, 0.1) is 5.60 Å². The molecule has 2 fully saturated rings. The van der Waals surface area contributed by atoms with Gasteiger partial charge in [-0.05, 0) is 48.7 Å². The van der Waals surface area contributed by atoms with Crippen LogP contribution in [-0.2, 0) is 13.2 Å². The molecule has 0 unspecified atom stereocenters. The van der Waals surface area contributed by atoms with E-state index >= 15 is 0 Å². The molecule has 2 saturated heterocycles. The summed E-state index contributed by atoms with van der Waals surface area (Å²) in [6.45, 7) is 7.59. The molecule has 8 heteroatoms. The van der Waals surface area contributed by atoms with E-state index in [4.69, 9.17) is 16.3 Å². The maximum absolute atomic E-state index is 11.0. The van der Waals surface area contributed by atoms with Crippen LogP contribution in [0.25, 0.3) is 0 Å². The van der Waals surface area contributed by atoms with Crippen LogP contribution in [0.15, 0.2) is 46.9 Å². The fourth-order valence-corrected chi connectivity index (χ4v) is 4.72. The van der Waals surface area contributed by atoms with Crippen molar-refractivity contribution in [3.05, 3.63) is 63.1 Å². The van der Waals surface area contributed by atoms with E-state index in [1.54, 1.807) is 0 Å². The second-order valence-electron chi connectivity index (χ2n) is 8.74. The lowest BCUT2D eigenvalue weighted by atomic mass is 9.91. The lowest BCUT2D eigenvalue weighted by Crippen LogP contribution is -2.56. The van der Waals surface area contributed by atoms with Gasteiger partial charge in [-0.1, -0.05) is 39.7 Å². The Labute approximate surface area is 204 Å². The van der Waals surface area contributed by atoms with Gasteiger partial charge in [0.15, 0.2) is 0 Å². The highest BCUT2D eigenvalue weighted by Gasteiger charge is 2.33. The molecular weight excluding hydrogens is 492 g/mol. The fraction of sp³-hybridized carbons (Fsp3) is 0.500. The van der Waals surface area contributed by atoms with Crippen LogP contribution in [0, 0.1) is 0 Å². The van der Waals surface area contributed by atoms with Crippen molar-refractivity contribution in [2.45, 2.75) is 31.6 Å². The number of rotatable bonds is 8. The predicted molar refractivity (Wildman–Crippen MR) is 132 cm³/mol. The van der Waals surface area contributed by atoms with Crippen molar-refractivity contribution in [3.8, 4) is 5.75 Å². The molecule has 2 aromatic rings. The van der Waals surface area contributed by atoms with Crippen LogP contribution in [-0.4, -0.2) is 66.4 Å². The van der Waals surface area contributed by atoms with E-state index in [0.29, 0.717) is 13.2 Å². The molecule has 0 aromatic heterocycles. The molecule has 2 heterocycles. The highest BCUT2D eigenvalue weighted by Crippen LogP contribution is 2.28. The Bertz CT molecular complexity index is 869. The first kappa shape index (κ1) is 24.0. The average molecular weight is 524 g/mol. The SMILES string of the molecule is OC1(CNN2CCNCC2)CCN(Cc2cc(Br)ccc2OCc2ccc(Cl)cc2)CC1. The highest BCUT2D eigenvalue weighted by atomic mass is 79.9. The molecule has 0 radical (unpaired) electrons. The third-order valence-corrected chi connectivity index (χ3v) is 7.00. The van der Waals surface area contributed by atoms with Crippen molar-refractivity contribution in [1.29, 1.82) is 0 Å². The van der Waals surface area contributed by atoms with Gasteiger partial charge in [-0.3, -0.25) is 10.3 Å². The first-order valence-electron chi connectivity index (χ1n) is 11.3. The molecule has 2 aliphatic heterocycles. The minimum Gasteiger partial charge on any atom is -0.489 e. The van der Waals surface area contributed by atoms with Gasteiger partial charge in [0.25, 0.3) is 0 Å². The van der Waals surface area contributed by atoms with Gasteiger partial charge in [0.2, 0.25) is 0 Å². The molecule has 32 heavy (non-hydrogen) atoms. The quantitative estimate of drug-likeness (QED) is 0.493. The topological polar surface area (TPSA) is 60.0 Å². The molecular formula is C24H32BrClN4O2. The Hall–Kier alpha value is -1.19. The van der Waals surface area contributed by atoms with E-state index in [-0.39, 0.29) is 0 Å². The predicted octanol–water partition coefficient (Wildman–Crippen LogP) is 3.42. The summed E-state index contributed by atoms with van der Waals surface area (Å²) in [5.41, 5.74) is 5.03. The van der Waals surface area contributed by atoms with E-state index in [0.717, 1.165) is 85.0 Å². The third kappa shape index (κ3) is 6.90. The molecule has 0 atom stereocenters. The molecule has 0 saturated carbocycles. The first-order chi connectivity index (χ1) is 15.5. The number of nitrogens with zero attached hydrogens (tertiary/aromatic N) is 2. The summed E-state index contributed by atoms with van der Waals surface area (Å²) < 4.78 is 7.19. The van der Waals surface area contributed by atoms with Crippen molar-refractivity contribution in [2.24, 2.45) is 0 Å². The van der Waals surface area contributed by atoms with Gasteiger partial charge >= 0.3 is 0 Å². The maximum atomic E-state index is 11.0. The van der Waals surface area contributed by atoms with Gasteiger partial charge in [-0.2, -0.15) is 0 Å². The van der Waals surface area contributed by atoms with Gasteiger partial charge in [0.1, 0.15) is 12.4 Å². The Morgan fingerprint density at radius 3 is 2.50 bits per heavy atom. The second kappa shape index (κ2) is 11.3. The molecule has 0 bridgehead atoms. The Morgan fingerprint density at radius 1 is 1.06 bits per heavy atom. The summed E-state index contributed by atoms with van der Waals surface area (Å²) >= 11 is 9.58. The van der Waals surface area contributed by atoms with Gasteiger partial charge in [0, 0.05) is 67.4 Å². The molecule has 0 aliphatic carbocycles. The van der Waals surface area contributed by atoms with Crippen molar-refractivity contribution < 1.29 is 9.84 Å². The minimum atomic E-state index is -0.646. The number of benzene rings is 2. The van der Waals surface area contributed by atoms with Crippen LogP contribution in [0.1, 0.15) is 24.0 Å². The summed E-state index contributed by atoms with van der Waals surface area (Å²) in [5, 5.41) is 17.3. The summed E-state index contributed by atoms with van der Waals surface area (Å²) in [5.74, 6) is 0.893. The van der Waals surface area contributed by atoms with E-state index in [1.165, 1.54) is 0 Å². The standard InChI is InChI=1S/C24H32BrClN4O2/c25-21-3-6-23(32-17-19-1-4-22(26)5-2-19)20(15-21)16-29-11-7-24(31,8-12-29)18-28-30-13-9-27-10-14-30/h1-6,15,27-28,31H,7-14,16-18H2. The summed E-state index contributed by atoms with van der Waals surface area (Å²) in [6.07, 6.45) is 1.53. The van der Waals surface area contributed by atoms with E-state index in [9.17, 15) is 5.11 Å². The number of likely N-dealkylation sites (tertiary alicyclic amines) is 1. The summed E-state index contributed by atoms with van der Waals surface area (Å²) in [4.78, 5) is 2.40. The van der Waals surface area contributed by atoms with Gasteiger partial charge in [-0.15, -0.1) is 0 Å². The zero-order valence-electron chi connectivity index (χ0n) is 18.3. The molecule has 6 nitrogen and oxygen atoms in total. The van der Waals surface area contributed by atoms with E-state index < -0.39 is 5.60 Å². The van der Waals surface area contributed by atoms with Crippen molar-refractivity contribution in [2.75, 3.05) is 45.8 Å². The van der Waals surface area contributed by atoms with E-state index in [2.05, 4.69) is 42.6 Å². The second-order valence-corrected chi connectivity index (χ2v) is 10.1. The average Bonchev–Trinajstić information content (AvgIpc) is 2.81. The normalized spacial score (nSPS) is 19.7. The monoisotopic (exact) mass is 522 g/mol.